The lowest BCUT2D eigenvalue weighted by Gasteiger charge is -2.54. The van der Waals surface area contributed by atoms with Gasteiger partial charge >= 0.3 is 11.8 Å². The summed E-state index contributed by atoms with van der Waals surface area (Å²) in [6.07, 6.45) is 7.73. The van der Waals surface area contributed by atoms with Gasteiger partial charge in [0.25, 0.3) is 0 Å². The molecule has 0 amide bonds. The van der Waals surface area contributed by atoms with Gasteiger partial charge in [-0.2, -0.15) is 0 Å². The minimum Gasteiger partial charge on any atom is -0.475 e. The van der Waals surface area contributed by atoms with Gasteiger partial charge in [0.05, 0.1) is 0 Å². The topological polar surface area (TPSA) is 85.1 Å². The van der Waals surface area contributed by atoms with E-state index in [1.807, 2.05) is 0 Å². The van der Waals surface area contributed by atoms with Crippen LogP contribution in [-0.2, 0) is 4.79 Å². The first-order chi connectivity index (χ1) is 9.63. The van der Waals surface area contributed by atoms with Crippen LogP contribution in [-0.4, -0.2) is 31.6 Å². The maximum atomic E-state index is 11.7. The van der Waals surface area contributed by atoms with Crippen LogP contribution in [0, 0.1) is 23.7 Å². The molecular formula is C14H17N3O3. The molecule has 6 nitrogen and oxygen atoms in total. The molecular weight excluding hydrogens is 258 g/mol. The molecule has 0 spiro atoms. The molecule has 0 unspecified atom stereocenters. The standard InChI is InChI=1S/C14H17N3O3/c18-12(14(19)20)13-16-15-6-17(13)11-9-2-7-1-8(4-9)5-10(11)3-7/h6-11H,1-5H2,(H,19,20). The van der Waals surface area contributed by atoms with E-state index in [1.54, 1.807) is 10.9 Å². The third-order valence-corrected chi connectivity index (χ3v) is 5.47. The van der Waals surface area contributed by atoms with E-state index in [-0.39, 0.29) is 11.9 Å². The molecule has 1 aromatic rings. The van der Waals surface area contributed by atoms with Crippen LogP contribution in [0.25, 0.3) is 0 Å². The van der Waals surface area contributed by atoms with Gasteiger partial charge in [0.2, 0.25) is 5.82 Å². The van der Waals surface area contributed by atoms with Gasteiger partial charge in [0, 0.05) is 6.04 Å². The van der Waals surface area contributed by atoms with Crippen molar-refractivity contribution >= 4 is 11.8 Å². The lowest BCUT2D eigenvalue weighted by atomic mass is 9.54. The SMILES string of the molecule is O=C(O)C(=O)c1nncn1C1C2CC3CC(C2)CC1C3. The highest BCUT2D eigenvalue weighted by atomic mass is 16.4. The average Bonchev–Trinajstić information content (AvgIpc) is 2.85. The van der Waals surface area contributed by atoms with Crippen molar-refractivity contribution < 1.29 is 14.7 Å². The molecule has 1 aromatic heterocycles. The van der Waals surface area contributed by atoms with Gasteiger partial charge in [0.1, 0.15) is 6.33 Å². The van der Waals surface area contributed by atoms with Gasteiger partial charge in [0.15, 0.2) is 0 Å². The first-order valence-corrected chi connectivity index (χ1v) is 7.30. The summed E-state index contributed by atoms with van der Waals surface area (Å²) in [6.45, 7) is 0. The van der Waals surface area contributed by atoms with Gasteiger partial charge in [-0.05, 0) is 55.8 Å². The lowest BCUT2D eigenvalue weighted by molar-refractivity contribution is -0.131. The minimum absolute atomic E-state index is 0.00465. The fourth-order valence-electron chi connectivity index (χ4n) is 5.07. The average molecular weight is 275 g/mol. The fourth-order valence-corrected chi connectivity index (χ4v) is 5.07. The summed E-state index contributed by atoms with van der Waals surface area (Å²) in [4.78, 5) is 22.6. The maximum absolute atomic E-state index is 11.7. The molecule has 1 N–H and O–H groups in total. The Balaban J connectivity index is 1.70. The monoisotopic (exact) mass is 275 g/mol. The van der Waals surface area contributed by atoms with Gasteiger partial charge in [-0.15, -0.1) is 10.2 Å². The van der Waals surface area contributed by atoms with Crippen LogP contribution in [0.3, 0.4) is 0 Å². The number of hydrogen-bond donors (Lipinski definition) is 1. The van der Waals surface area contributed by atoms with Crippen LogP contribution < -0.4 is 0 Å². The van der Waals surface area contributed by atoms with Crippen molar-refractivity contribution in [3.05, 3.63) is 12.2 Å². The number of Topliss-reactive ketones (excluding diaryl/α,β-unsaturated/α-hetero) is 1. The molecule has 4 aliphatic rings. The van der Waals surface area contributed by atoms with Crippen molar-refractivity contribution in [2.24, 2.45) is 23.7 Å². The molecule has 4 bridgehead atoms. The van der Waals surface area contributed by atoms with Crippen molar-refractivity contribution in [1.29, 1.82) is 0 Å². The molecule has 20 heavy (non-hydrogen) atoms. The Morgan fingerprint density at radius 3 is 2.25 bits per heavy atom. The molecule has 106 valence electrons. The van der Waals surface area contributed by atoms with Crippen molar-refractivity contribution in [1.82, 2.24) is 14.8 Å². The first kappa shape index (κ1) is 12.1. The number of ketones is 1. The number of nitrogens with zero attached hydrogens (tertiary/aromatic N) is 3. The van der Waals surface area contributed by atoms with Crippen LogP contribution in [0.2, 0.25) is 0 Å². The number of carboxylic acids is 1. The highest BCUT2D eigenvalue weighted by molar-refractivity contribution is 6.38. The summed E-state index contributed by atoms with van der Waals surface area (Å²) in [5.41, 5.74) is 0. The summed E-state index contributed by atoms with van der Waals surface area (Å²) in [5.74, 6) is 0.382. The summed E-state index contributed by atoms with van der Waals surface area (Å²) in [5, 5.41) is 16.4. The molecule has 0 aromatic carbocycles. The Morgan fingerprint density at radius 2 is 1.70 bits per heavy atom. The van der Waals surface area contributed by atoms with E-state index in [4.69, 9.17) is 5.11 Å². The van der Waals surface area contributed by atoms with E-state index in [0.29, 0.717) is 11.8 Å². The number of hydrogen-bond acceptors (Lipinski definition) is 4. The van der Waals surface area contributed by atoms with E-state index < -0.39 is 11.8 Å². The van der Waals surface area contributed by atoms with Crippen LogP contribution in [0.1, 0.15) is 48.8 Å². The van der Waals surface area contributed by atoms with Crippen molar-refractivity contribution in [2.45, 2.75) is 38.1 Å². The zero-order valence-corrected chi connectivity index (χ0v) is 11.1. The van der Waals surface area contributed by atoms with E-state index in [2.05, 4.69) is 10.2 Å². The Bertz CT molecular complexity index is 552. The Kier molecular flexibility index (Phi) is 2.49. The zero-order valence-electron chi connectivity index (χ0n) is 11.1. The van der Waals surface area contributed by atoms with E-state index >= 15 is 0 Å². The largest absolute Gasteiger partial charge is 0.475 e. The van der Waals surface area contributed by atoms with Gasteiger partial charge < -0.3 is 9.67 Å². The Labute approximate surface area is 116 Å². The van der Waals surface area contributed by atoms with Gasteiger partial charge in [-0.1, -0.05) is 0 Å². The second-order valence-corrected chi connectivity index (χ2v) is 6.62. The quantitative estimate of drug-likeness (QED) is 0.668. The minimum atomic E-state index is -1.46. The molecule has 0 atom stereocenters. The Hall–Kier alpha value is -1.72. The summed E-state index contributed by atoms with van der Waals surface area (Å²) < 4.78 is 1.75. The fraction of sp³-hybridized carbons (Fsp3) is 0.714. The van der Waals surface area contributed by atoms with Crippen molar-refractivity contribution in [3.8, 4) is 0 Å². The molecule has 0 radical (unpaired) electrons. The number of carboxylic acid groups (broad SMARTS) is 1. The predicted octanol–water partition coefficient (Wildman–Crippen LogP) is 1.54. The number of rotatable bonds is 3. The molecule has 0 aliphatic heterocycles. The van der Waals surface area contributed by atoms with Crippen LogP contribution >= 0.6 is 0 Å². The van der Waals surface area contributed by atoms with E-state index in [0.717, 1.165) is 11.8 Å². The molecule has 1 heterocycles. The normalized spacial score (nSPS) is 38.1. The van der Waals surface area contributed by atoms with Crippen molar-refractivity contribution in [2.75, 3.05) is 0 Å². The highest BCUT2D eigenvalue weighted by Crippen LogP contribution is 2.58. The first-order valence-electron chi connectivity index (χ1n) is 7.30. The smallest absolute Gasteiger partial charge is 0.380 e. The van der Waals surface area contributed by atoms with Crippen molar-refractivity contribution in [3.63, 3.8) is 0 Å². The molecule has 4 fully saturated rings. The molecule has 4 saturated carbocycles. The lowest BCUT2D eigenvalue weighted by Crippen LogP contribution is -2.46. The van der Waals surface area contributed by atoms with E-state index in [1.165, 1.54) is 32.1 Å². The van der Waals surface area contributed by atoms with Gasteiger partial charge in [-0.3, -0.25) is 4.79 Å². The zero-order chi connectivity index (χ0) is 13.9. The summed E-state index contributed by atoms with van der Waals surface area (Å²) in [6, 6.07) is 0.219. The molecule has 5 rings (SSSR count). The second kappa shape index (κ2) is 4.14. The third-order valence-electron chi connectivity index (χ3n) is 5.47. The summed E-state index contributed by atoms with van der Waals surface area (Å²) in [7, 11) is 0. The number of carbonyl (C=O) groups is 2. The molecule has 6 heteroatoms. The number of aliphatic carboxylic acids is 1. The second-order valence-electron chi connectivity index (χ2n) is 6.62. The van der Waals surface area contributed by atoms with Crippen LogP contribution in [0.5, 0.6) is 0 Å². The molecule has 4 aliphatic carbocycles. The third kappa shape index (κ3) is 1.63. The maximum Gasteiger partial charge on any atom is 0.380 e. The van der Waals surface area contributed by atoms with Crippen LogP contribution in [0.15, 0.2) is 6.33 Å². The van der Waals surface area contributed by atoms with Crippen LogP contribution in [0.4, 0.5) is 0 Å². The highest BCUT2D eigenvalue weighted by Gasteiger charge is 2.49. The predicted molar refractivity (Wildman–Crippen MR) is 68.1 cm³/mol. The number of carbonyl (C=O) groups excluding carboxylic acids is 1. The Morgan fingerprint density at radius 1 is 1.10 bits per heavy atom. The summed E-state index contributed by atoms with van der Waals surface area (Å²) >= 11 is 0. The van der Waals surface area contributed by atoms with Gasteiger partial charge in [-0.25, -0.2) is 4.79 Å². The van der Waals surface area contributed by atoms with E-state index in [9.17, 15) is 9.59 Å². The number of aromatic nitrogens is 3. The molecule has 0 saturated heterocycles.